The summed E-state index contributed by atoms with van der Waals surface area (Å²) in [6.07, 6.45) is 1.21. The van der Waals surface area contributed by atoms with E-state index < -0.39 is 17.8 Å². The normalized spacial score (nSPS) is 16.7. The maximum Gasteiger partial charge on any atom is 0.240 e. The van der Waals surface area contributed by atoms with Gasteiger partial charge in [0.2, 0.25) is 5.91 Å². The number of para-hydroxylation sites is 1. The second-order valence-electron chi connectivity index (χ2n) is 8.98. The Morgan fingerprint density at radius 3 is 2.23 bits per heavy atom. The zero-order valence-corrected chi connectivity index (χ0v) is 19.0. The van der Waals surface area contributed by atoms with Gasteiger partial charge in [-0.25, -0.2) is 4.39 Å². The van der Waals surface area contributed by atoms with Gasteiger partial charge in [-0.2, -0.15) is 0 Å². The molecule has 0 fully saturated rings. The smallest absolute Gasteiger partial charge is 0.240 e. The number of phenolic OH excluding ortho intramolecular Hbond substituents is 1. The number of hydrogen-bond donors (Lipinski definition) is 1. The minimum absolute atomic E-state index is 0.0223. The van der Waals surface area contributed by atoms with E-state index in [4.69, 9.17) is 4.74 Å². The van der Waals surface area contributed by atoms with E-state index >= 15 is 4.39 Å². The van der Waals surface area contributed by atoms with E-state index in [-0.39, 0.29) is 17.2 Å². The fourth-order valence-corrected chi connectivity index (χ4v) is 5.39. The lowest BCUT2D eigenvalue weighted by Gasteiger charge is -2.30. The fraction of sp³-hybridized carbons (Fsp3) is 0.167. The van der Waals surface area contributed by atoms with Crippen molar-refractivity contribution in [1.82, 2.24) is 0 Å². The Hall–Kier alpha value is -4.12. The average Bonchev–Trinajstić information content (AvgIpc) is 3.17. The summed E-state index contributed by atoms with van der Waals surface area (Å²) in [6, 6.07) is 28.2. The van der Waals surface area contributed by atoms with Gasteiger partial charge in [-0.05, 0) is 35.6 Å². The van der Waals surface area contributed by atoms with Crippen molar-refractivity contribution in [1.29, 1.82) is 0 Å². The van der Waals surface area contributed by atoms with Crippen molar-refractivity contribution < 1.29 is 19.0 Å². The minimum Gasteiger partial charge on any atom is -0.507 e. The number of fused-ring (bicyclic) bond motifs is 2. The molecule has 4 nitrogen and oxygen atoms in total. The first-order valence-electron chi connectivity index (χ1n) is 11.8. The molecule has 174 valence electrons. The van der Waals surface area contributed by atoms with E-state index in [0.717, 1.165) is 11.1 Å². The first kappa shape index (κ1) is 21.4. The van der Waals surface area contributed by atoms with E-state index in [2.05, 4.69) is 0 Å². The van der Waals surface area contributed by atoms with E-state index in [9.17, 15) is 9.90 Å². The van der Waals surface area contributed by atoms with Crippen molar-refractivity contribution in [3.05, 3.63) is 125 Å². The zero-order valence-electron chi connectivity index (χ0n) is 19.0. The Labute approximate surface area is 203 Å². The lowest BCUT2D eigenvalue weighted by atomic mass is 9.88. The lowest BCUT2D eigenvalue weighted by molar-refractivity contribution is -0.118. The van der Waals surface area contributed by atoms with Gasteiger partial charge < -0.3 is 9.84 Å². The van der Waals surface area contributed by atoms with Crippen LogP contribution in [0.3, 0.4) is 0 Å². The van der Waals surface area contributed by atoms with Gasteiger partial charge in [0.15, 0.2) is 0 Å². The van der Waals surface area contributed by atoms with Gasteiger partial charge in [0.05, 0.1) is 18.6 Å². The van der Waals surface area contributed by atoms with Crippen molar-refractivity contribution in [2.45, 2.75) is 24.8 Å². The second kappa shape index (κ2) is 8.58. The fourth-order valence-electron chi connectivity index (χ4n) is 5.39. The van der Waals surface area contributed by atoms with Crippen LogP contribution in [0, 0.1) is 5.82 Å². The van der Waals surface area contributed by atoms with Gasteiger partial charge in [-0.1, -0.05) is 78.9 Å². The molecule has 0 radical (unpaired) electrons. The van der Waals surface area contributed by atoms with Crippen molar-refractivity contribution in [2.24, 2.45) is 0 Å². The van der Waals surface area contributed by atoms with Crippen molar-refractivity contribution in [2.75, 3.05) is 11.5 Å². The van der Waals surface area contributed by atoms with Gasteiger partial charge in [0.25, 0.3) is 0 Å². The molecule has 1 amide bonds. The van der Waals surface area contributed by atoms with E-state index in [1.807, 2.05) is 84.9 Å². The van der Waals surface area contributed by atoms with Crippen molar-refractivity contribution in [3.8, 4) is 11.5 Å². The van der Waals surface area contributed by atoms with E-state index in [1.165, 1.54) is 6.07 Å². The lowest BCUT2D eigenvalue weighted by Crippen LogP contribution is -2.34. The first-order chi connectivity index (χ1) is 17.1. The number of ether oxygens (including phenoxy) is 1. The molecule has 4 aromatic carbocycles. The van der Waals surface area contributed by atoms with Gasteiger partial charge in [0, 0.05) is 22.9 Å². The van der Waals surface area contributed by atoms with E-state index in [0.29, 0.717) is 42.0 Å². The molecule has 35 heavy (non-hydrogen) atoms. The van der Waals surface area contributed by atoms with Crippen LogP contribution in [0.4, 0.5) is 10.1 Å². The molecule has 1 N–H and O–H groups in total. The molecular formula is C30H24FNO3. The second-order valence-corrected chi connectivity index (χ2v) is 8.98. The van der Waals surface area contributed by atoms with Gasteiger partial charge in [-0.3, -0.25) is 9.69 Å². The van der Waals surface area contributed by atoms with Crippen LogP contribution in [0.2, 0.25) is 0 Å². The summed E-state index contributed by atoms with van der Waals surface area (Å²) in [5.74, 6) is -1.67. The first-order valence-corrected chi connectivity index (χ1v) is 11.8. The molecule has 2 aliphatic rings. The van der Waals surface area contributed by atoms with Crippen LogP contribution in [-0.2, 0) is 11.2 Å². The maximum absolute atomic E-state index is 15.9. The number of anilines is 1. The highest BCUT2D eigenvalue weighted by Crippen LogP contribution is 2.50. The van der Waals surface area contributed by atoms with Crippen LogP contribution >= 0.6 is 0 Å². The Kier molecular flexibility index (Phi) is 5.25. The van der Waals surface area contributed by atoms with Gasteiger partial charge in [0.1, 0.15) is 17.3 Å². The van der Waals surface area contributed by atoms with Crippen LogP contribution in [0.1, 0.15) is 46.2 Å². The number of phenols is 1. The van der Waals surface area contributed by atoms with Crippen LogP contribution in [-0.4, -0.2) is 17.6 Å². The molecule has 1 unspecified atom stereocenters. The number of aromatic hydroxyl groups is 1. The Morgan fingerprint density at radius 1 is 0.914 bits per heavy atom. The van der Waals surface area contributed by atoms with Crippen LogP contribution < -0.4 is 9.64 Å². The number of halogens is 1. The summed E-state index contributed by atoms with van der Waals surface area (Å²) in [5, 5.41) is 10.9. The molecule has 0 spiro atoms. The largest absolute Gasteiger partial charge is 0.507 e. The molecule has 4 aromatic rings. The molecule has 0 saturated carbocycles. The zero-order chi connectivity index (χ0) is 23.9. The van der Waals surface area contributed by atoms with Gasteiger partial charge >= 0.3 is 0 Å². The highest BCUT2D eigenvalue weighted by Gasteiger charge is 2.45. The van der Waals surface area contributed by atoms with Crippen LogP contribution in [0.5, 0.6) is 11.5 Å². The third-order valence-corrected chi connectivity index (χ3v) is 6.94. The standard InChI is InChI=1S/C30H24FNO3/c31-28-22-15-9-17-35-25(22)18-24(33)27(28)26-21-14-7-8-16-23(21)32(30(26)34)29(19-10-3-1-4-11-19)20-12-5-2-6-13-20/h1-8,10-14,16,18,26,29,33H,9,15,17H2. The predicted octanol–water partition coefficient (Wildman–Crippen LogP) is 6.12. The monoisotopic (exact) mass is 465 g/mol. The Balaban J connectivity index is 1.55. The molecule has 0 aromatic heterocycles. The highest BCUT2D eigenvalue weighted by atomic mass is 19.1. The number of carbonyl (C=O) groups excluding carboxylic acids is 1. The molecule has 2 aliphatic heterocycles. The molecule has 0 bridgehead atoms. The molecule has 2 heterocycles. The molecular weight excluding hydrogens is 441 g/mol. The number of carbonyl (C=O) groups is 1. The van der Waals surface area contributed by atoms with Crippen LogP contribution in [0.25, 0.3) is 0 Å². The number of hydrogen-bond acceptors (Lipinski definition) is 3. The quantitative estimate of drug-likeness (QED) is 0.395. The van der Waals surface area contributed by atoms with Crippen molar-refractivity contribution >= 4 is 11.6 Å². The summed E-state index contributed by atoms with van der Waals surface area (Å²) in [4.78, 5) is 16.0. The summed E-state index contributed by atoms with van der Waals surface area (Å²) in [5.41, 5.74) is 3.75. The molecule has 1 atom stereocenters. The topological polar surface area (TPSA) is 49.8 Å². The van der Waals surface area contributed by atoms with Gasteiger partial charge in [-0.15, -0.1) is 0 Å². The minimum atomic E-state index is -0.951. The number of nitrogens with zero attached hydrogens (tertiary/aromatic N) is 1. The third kappa shape index (κ3) is 3.46. The summed E-state index contributed by atoms with van der Waals surface area (Å²) in [6.45, 7) is 0.486. The molecule has 5 heteroatoms. The van der Waals surface area contributed by atoms with E-state index in [1.54, 1.807) is 4.90 Å². The SMILES string of the molecule is O=C1C(c2c(O)cc3c(c2F)CCCO3)c2ccccc2N1C(c1ccccc1)c1ccccc1. The molecule has 6 rings (SSSR count). The average molecular weight is 466 g/mol. The predicted molar refractivity (Wildman–Crippen MR) is 132 cm³/mol. The Bertz CT molecular complexity index is 1360. The third-order valence-electron chi connectivity index (χ3n) is 6.94. The number of amides is 1. The molecule has 0 aliphatic carbocycles. The van der Waals surface area contributed by atoms with Crippen LogP contribution in [0.15, 0.2) is 91.0 Å². The summed E-state index contributed by atoms with van der Waals surface area (Å²) < 4.78 is 21.5. The highest BCUT2D eigenvalue weighted by molar-refractivity contribution is 6.08. The summed E-state index contributed by atoms with van der Waals surface area (Å²) >= 11 is 0. The number of benzene rings is 4. The Morgan fingerprint density at radius 2 is 1.54 bits per heavy atom. The summed E-state index contributed by atoms with van der Waals surface area (Å²) in [7, 11) is 0. The number of rotatable bonds is 4. The maximum atomic E-state index is 15.9. The molecule has 0 saturated heterocycles. The van der Waals surface area contributed by atoms with Crippen molar-refractivity contribution in [3.63, 3.8) is 0 Å².